The van der Waals surface area contributed by atoms with Crippen molar-refractivity contribution in [2.24, 2.45) is 0 Å². The maximum absolute atomic E-state index is 11.8. The van der Waals surface area contributed by atoms with Gasteiger partial charge in [0.25, 0.3) is 0 Å². The van der Waals surface area contributed by atoms with Crippen LogP contribution in [0.4, 0.5) is 0 Å². The smallest absolute Gasteiger partial charge is 0.347 e. The first kappa shape index (κ1) is 15.3. The van der Waals surface area contributed by atoms with Gasteiger partial charge >= 0.3 is 5.69 Å². The molecule has 0 radical (unpaired) electrons. The van der Waals surface area contributed by atoms with Gasteiger partial charge in [-0.1, -0.05) is 24.6 Å². The summed E-state index contributed by atoms with van der Waals surface area (Å²) in [6, 6.07) is 7.82. The minimum Gasteiger partial charge on any atom is -0.496 e. The fourth-order valence-corrected chi connectivity index (χ4v) is 2.37. The number of nitrogens with one attached hydrogen (secondary N) is 1. The van der Waals surface area contributed by atoms with Gasteiger partial charge in [-0.05, 0) is 25.6 Å². The number of likely N-dealkylation sites (N-methyl/N-ethyl adjacent to an activating group) is 1. The van der Waals surface area contributed by atoms with E-state index in [1.165, 1.54) is 6.20 Å². The van der Waals surface area contributed by atoms with Crippen LogP contribution in [0.2, 0.25) is 0 Å². The van der Waals surface area contributed by atoms with Crippen molar-refractivity contribution in [1.29, 1.82) is 0 Å². The van der Waals surface area contributed by atoms with Gasteiger partial charge in [-0.3, -0.25) is 4.57 Å². The molecule has 2 rings (SSSR count). The summed E-state index contributed by atoms with van der Waals surface area (Å²) >= 11 is 0. The van der Waals surface area contributed by atoms with Crippen molar-refractivity contribution in [3.63, 3.8) is 0 Å². The molecule has 0 fully saturated rings. The Kier molecular flexibility index (Phi) is 5.11. The molecule has 2 aromatic rings. The summed E-state index contributed by atoms with van der Waals surface area (Å²) in [4.78, 5) is 15.6. The third-order valence-corrected chi connectivity index (χ3v) is 3.37. The standard InChI is InChI=1S/C16H21N3O2/c1-4-17-14(11-19-9-5-8-18-16(19)20)13-10-12(2)6-7-15(13)21-3/h5-10,14,17H,4,11H2,1-3H3. The highest BCUT2D eigenvalue weighted by Crippen LogP contribution is 2.27. The SMILES string of the molecule is CCNC(Cn1cccnc1=O)c1cc(C)ccc1OC. The van der Waals surface area contributed by atoms with Gasteiger partial charge in [0.05, 0.1) is 13.2 Å². The highest BCUT2D eigenvalue weighted by atomic mass is 16.5. The molecule has 0 aliphatic rings. The largest absolute Gasteiger partial charge is 0.496 e. The van der Waals surface area contributed by atoms with Crippen molar-refractivity contribution in [1.82, 2.24) is 14.9 Å². The van der Waals surface area contributed by atoms with Crippen molar-refractivity contribution in [2.45, 2.75) is 26.4 Å². The fourth-order valence-electron chi connectivity index (χ4n) is 2.37. The Balaban J connectivity index is 2.37. The second kappa shape index (κ2) is 7.04. The molecule has 1 heterocycles. The lowest BCUT2D eigenvalue weighted by Gasteiger charge is -2.22. The Morgan fingerprint density at radius 1 is 1.43 bits per heavy atom. The van der Waals surface area contributed by atoms with E-state index in [0.29, 0.717) is 6.54 Å². The second-order valence-electron chi connectivity index (χ2n) is 4.91. The molecular formula is C16H21N3O2. The van der Waals surface area contributed by atoms with Gasteiger partial charge in [0.2, 0.25) is 0 Å². The van der Waals surface area contributed by atoms with Crippen molar-refractivity contribution in [3.05, 3.63) is 58.3 Å². The van der Waals surface area contributed by atoms with Gasteiger partial charge in [0.15, 0.2) is 0 Å². The molecule has 5 nitrogen and oxygen atoms in total. The zero-order valence-electron chi connectivity index (χ0n) is 12.7. The van der Waals surface area contributed by atoms with Gasteiger partial charge in [0.1, 0.15) is 5.75 Å². The summed E-state index contributed by atoms with van der Waals surface area (Å²) in [5, 5.41) is 3.41. The number of benzene rings is 1. The zero-order valence-corrected chi connectivity index (χ0v) is 12.7. The normalized spacial score (nSPS) is 12.1. The lowest BCUT2D eigenvalue weighted by atomic mass is 10.0. The molecule has 0 spiro atoms. The summed E-state index contributed by atoms with van der Waals surface area (Å²) in [6.07, 6.45) is 3.26. The quantitative estimate of drug-likeness (QED) is 0.882. The molecule has 21 heavy (non-hydrogen) atoms. The predicted octanol–water partition coefficient (Wildman–Crippen LogP) is 1.91. The van der Waals surface area contributed by atoms with Crippen LogP contribution < -0.4 is 15.7 Å². The summed E-state index contributed by atoms with van der Waals surface area (Å²) in [6.45, 7) is 5.40. The van der Waals surface area contributed by atoms with Gasteiger partial charge in [-0.15, -0.1) is 0 Å². The Labute approximate surface area is 124 Å². The molecule has 0 saturated carbocycles. The molecule has 0 saturated heterocycles. The number of hydrogen-bond donors (Lipinski definition) is 1. The molecule has 0 amide bonds. The first-order chi connectivity index (χ1) is 10.2. The zero-order chi connectivity index (χ0) is 15.2. The summed E-state index contributed by atoms with van der Waals surface area (Å²) in [7, 11) is 1.66. The molecule has 1 unspecified atom stereocenters. The molecule has 112 valence electrons. The van der Waals surface area contributed by atoms with Crippen LogP contribution in [0.15, 0.2) is 41.5 Å². The van der Waals surface area contributed by atoms with Crippen LogP contribution in [0.25, 0.3) is 0 Å². The lowest BCUT2D eigenvalue weighted by molar-refractivity contribution is 0.388. The molecular weight excluding hydrogens is 266 g/mol. The van der Waals surface area contributed by atoms with Crippen molar-refractivity contribution in [3.8, 4) is 5.75 Å². The van der Waals surface area contributed by atoms with Crippen LogP contribution in [-0.4, -0.2) is 23.2 Å². The van der Waals surface area contributed by atoms with E-state index in [0.717, 1.165) is 23.4 Å². The van der Waals surface area contributed by atoms with Crippen molar-refractivity contribution >= 4 is 0 Å². The van der Waals surface area contributed by atoms with E-state index in [2.05, 4.69) is 16.4 Å². The third kappa shape index (κ3) is 3.70. The highest BCUT2D eigenvalue weighted by Gasteiger charge is 2.16. The van der Waals surface area contributed by atoms with Crippen LogP contribution in [0.1, 0.15) is 24.1 Å². The lowest BCUT2D eigenvalue weighted by Crippen LogP contribution is -2.31. The minimum absolute atomic E-state index is 0.00764. The minimum atomic E-state index is -0.243. The molecule has 0 aliphatic heterocycles. The van der Waals surface area contributed by atoms with Crippen molar-refractivity contribution < 1.29 is 4.74 Å². The number of aryl methyl sites for hydroxylation is 1. The van der Waals surface area contributed by atoms with E-state index in [1.54, 1.807) is 23.9 Å². The van der Waals surface area contributed by atoms with E-state index in [4.69, 9.17) is 4.74 Å². The number of rotatable bonds is 6. The Morgan fingerprint density at radius 3 is 2.90 bits per heavy atom. The monoisotopic (exact) mass is 287 g/mol. The molecule has 1 aromatic carbocycles. The number of hydrogen-bond acceptors (Lipinski definition) is 4. The number of ether oxygens (including phenoxy) is 1. The highest BCUT2D eigenvalue weighted by molar-refractivity contribution is 5.39. The topological polar surface area (TPSA) is 56.2 Å². The molecule has 5 heteroatoms. The third-order valence-electron chi connectivity index (χ3n) is 3.37. The Bertz CT molecular complexity index is 652. The second-order valence-corrected chi connectivity index (χ2v) is 4.91. The molecule has 1 aromatic heterocycles. The average Bonchev–Trinajstić information content (AvgIpc) is 2.49. The van der Waals surface area contributed by atoms with Crippen LogP contribution >= 0.6 is 0 Å². The first-order valence-electron chi connectivity index (χ1n) is 7.05. The Morgan fingerprint density at radius 2 is 2.24 bits per heavy atom. The predicted molar refractivity (Wildman–Crippen MR) is 82.6 cm³/mol. The van der Waals surface area contributed by atoms with E-state index < -0.39 is 0 Å². The average molecular weight is 287 g/mol. The molecule has 0 bridgehead atoms. The Hall–Kier alpha value is -2.14. The van der Waals surface area contributed by atoms with Crippen LogP contribution in [-0.2, 0) is 6.54 Å². The molecule has 0 aliphatic carbocycles. The van der Waals surface area contributed by atoms with E-state index in [-0.39, 0.29) is 11.7 Å². The van der Waals surface area contributed by atoms with Crippen LogP contribution in [0.5, 0.6) is 5.75 Å². The van der Waals surface area contributed by atoms with Gasteiger partial charge in [-0.2, -0.15) is 0 Å². The maximum atomic E-state index is 11.8. The number of aromatic nitrogens is 2. The molecule has 1 atom stereocenters. The number of nitrogens with zero attached hydrogens (tertiary/aromatic N) is 2. The van der Waals surface area contributed by atoms with E-state index in [9.17, 15) is 4.79 Å². The van der Waals surface area contributed by atoms with Crippen LogP contribution in [0, 0.1) is 6.92 Å². The van der Waals surface area contributed by atoms with E-state index >= 15 is 0 Å². The summed E-state index contributed by atoms with van der Waals surface area (Å²) < 4.78 is 7.06. The van der Waals surface area contributed by atoms with Crippen LogP contribution in [0.3, 0.4) is 0 Å². The first-order valence-corrected chi connectivity index (χ1v) is 7.05. The fraction of sp³-hybridized carbons (Fsp3) is 0.375. The van der Waals surface area contributed by atoms with E-state index in [1.807, 2.05) is 26.0 Å². The summed E-state index contributed by atoms with van der Waals surface area (Å²) in [5.41, 5.74) is 1.97. The molecule has 1 N–H and O–H groups in total. The summed E-state index contributed by atoms with van der Waals surface area (Å²) in [5.74, 6) is 0.823. The van der Waals surface area contributed by atoms with Gasteiger partial charge in [-0.25, -0.2) is 9.78 Å². The number of methoxy groups -OCH3 is 1. The van der Waals surface area contributed by atoms with Gasteiger partial charge < -0.3 is 10.1 Å². The van der Waals surface area contributed by atoms with Crippen molar-refractivity contribution in [2.75, 3.05) is 13.7 Å². The van der Waals surface area contributed by atoms with Gasteiger partial charge in [0, 0.05) is 24.5 Å². The maximum Gasteiger partial charge on any atom is 0.347 e.